The number of hydrogen-bond donors (Lipinski definition) is 0. The lowest BCUT2D eigenvalue weighted by Gasteiger charge is -2.19. The third kappa shape index (κ3) is 6.90. The van der Waals surface area contributed by atoms with Gasteiger partial charge >= 0.3 is 0 Å². The van der Waals surface area contributed by atoms with Crippen molar-refractivity contribution in [2.45, 2.75) is 32.2 Å². The molecule has 0 atom stereocenters. The fourth-order valence-electron chi connectivity index (χ4n) is 5.84. The molecule has 250 valence electrons. The van der Waals surface area contributed by atoms with Crippen LogP contribution in [0, 0.1) is 0 Å². The molecule has 0 unspecified atom stereocenters. The molecule has 1 aliphatic rings. The Bertz CT molecular complexity index is 1950. The van der Waals surface area contributed by atoms with E-state index in [4.69, 9.17) is 28.4 Å². The van der Waals surface area contributed by atoms with Crippen molar-refractivity contribution in [2.24, 2.45) is 0 Å². The summed E-state index contributed by atoms with van der Waals surface area (Å²) in [7, 11) is 4.73. The normalized spacial score (nSPS) is 12.5. The van der Waals surface area contributed by atoms with Gasteiger partial charge in [-0.05, 0) is 55.2 Å². The second kappa shape index (κ2) is 15.1. The molecule has 0 spiro atoms. The number of para-hydroxylation sites is 1. The molecule has 0 aliphatic carbocycles. The SMILES string of the molecule is COCCOc1cc2ncnc(Oc3ccc(CC(=O)c4c5n(n(-c6ccccc6)c4=O)CCCC5)cc3OC)c2cc1OCCOC. The zero-order valence-electron chi connectivity index (χ0n) is 27.3. The minimum absolute atomic E-state index is 0.0299. The van der Waals surface area contributed by atoms with Gasteiger partial charge in [-0.2, -0.15) is 0 Å². The van der Waals surface area contributed by atoms with Gasteiger partial charge in [-0.1, -0.05) is 24.3 Å². The van der Waals surface area contributed by atoms with E-state index >= 15 is 0 Å². The fraction of sp³-hybridized carbons (Fsp3) is 0.333. The van der Waals surface area contributed by atoms with Gasteiger partial charge in [0.1, 0.15) is 25.1 Å². The zero-order valence-corrected chi connectivity index (χ0v) is 27.3. The van der Waals surface area contributed by atoms with Gasteiger partial charge in [0.15, 0.2) is 28.8 Å². The Morgan fingerprint density at radius 2 is 1.56 bits per heavy atom. The van der Waals surface area contributed by atoms with Crippen LogP contribution in [0.4, 0.5) is 0 Å². The van der Waals surface area contributed by atoms with Crippen molar-refractivity contribution in [2.75, 3.05) is 47.8 Å². The summed E-state index contributed by atoms with van der Waals surface area (Å²) < 4.78 is 37.6. The van der Waals surface area contributed by atoms with Gasteiger partial charge in [-0.15, -0.1) is 0 Å². The fourth-order valence-corrected chi connectivity index (χ4v) is 5.84. The highest BCUT2D eigenvalue weighted by molar-refractivity contribution is 5.98. The lowest BCUT2D eigenvalue weighted by Crippen LogP contribution is -2.24. The number of Topliss-reactive ketones (excluding diaryl/α,β-unsaturated/α-hetero) is 1. The minimum Gasteiger partial charge on any atom is -0.493 e. The lowest BCUT2D eigenvalue weighted by molar-refractivity contribution is 0.0990. The predicted octanol–water partition coefficient (Wildman–Crippen LogP) is 5.20. The molecule has 1 aliphatic heterocycles. The number of nitrogens with zero attached hydrogens (tertiary/aromatic N) is 4. The average molecular weight is 655 g/mol. The number of carbonyl (C=O) groups is 1. The maximum Gasteiger partial charge on any atom is 0.282 e. The van der Waals surface area contributed by atoms with E-state index in [9.17, 15) is 9.59 Å². The van der Waals surface area contributed by atoms with Crippen LogP contribution in [0.1, 0.15) is 34.5 Å². The van der Waals surface area contributed by atoms with Crippen LogP contribution in [0.25, 0.3) is 16.6 Å². The monoisotopic (exact) mass is 654 g/mol. The molecule has 0 fully saturated rings. The molecular formula is C36H38N4O8. The van der Waals surface area contributed by atoms with E-state index in [1.54, 1.807) is 49.2 Å². The van der Waals surface area contributed by atoms with Crippen LogP contribution >= 0.6 is 0 Å². The van der Waals surface area contributed by atoms with E-state index in [2.05, 4.69) is 9.97 Å². The molecule has 0 N–H and O–H groups in total. The molecule has 5 aromatic rings. The molecule has 6 rings (SSSR count). The van der Waals surface area contributed by atoms with Crippen molar-refractivity contribution in [1.29, 1.82) is 0 Å². The Kier molecular flexibility index (Phi) is 10.3. The molecule has 0 amide bonds. The van der Waals surface area contributed by atoms with E-state index in [1.165, 1.54) is 13.4 Å². The summed E-state index contributed by atoms with van der Waals surface area (Å²) in [4.78, 5) is 36.2. The van der Waals surface area contributed by atoms with Crippen molar-refractivity contribution >= 4 is 16.7 Å². The quantitative estimate of drug-likeness (QED) is 0.110. The first-order valence-electron chi connectivity index (χ1n) is 15.8. The van der Waals surface area contributed by atoms with Crippen molar-refractivity contribution in [3.63, 3.8) is 0 Å². The second-order valence-corrected chi connectivity index (χ2v) is 11.2. The predicted molar refractivity (Wildman–Crippen MR) is 178 cm³/mol. The summed E-state index contributed by atoms with van der Waals surface area (Å²) in [6.45, 7) is 2.14. The first-order chi connectivity index (χ1) is 23.5. The number of ketones is 1. The number of ether oxygens (including phenoxy) is 6. The van der Waals surface area contributed by atoms with E-state index in [0.29, 0.717) is 78.9 Å². The average Bonchev–Trinajstić information content (AvgIpc) is 3.41. The summed E-state index contributed by atoms with van der Waals surface area (Å²) >= 11 is 0. The molecule has 12 nitrogen and oxygen atoms in total. The number of rotatable bonds is 15. The molecule has 0 saturated heterocycles. The standard InChI is InChI=1S/C36H38N4O8/c1-43-15-17-46-32-21-26-27(22-33(32)47-18-16-44-2)37-23-38-35(26)48-30-13-12-24(20-31(30)45-3)19-29(41)34-28-11-7-8-14-39(28)40(36(34)42)25-9-5-4-6-10-25/h4-6,9-10,12-13,20-23H,7-8,11,14-19H2,1-3H3. The number of fused-ring (bicyclic) bond motifs is 2. The van der Waals surface area contributed by atoms with Gasteiger partial charge in [0.2, 0.25) is 5.88 Å². The van der Waals surface area contributed by atoms with Crippen molar-refractivity contribution in [3.05, 3.63) is 94.2 Å². The second-order valence-electron chi connectivity index (χ2n) is 11.2. The molecule has 0 radical (unpaired) electrons. The van der Waals surface area contributed by atoms with Crippen LogP contribution in [0.5, 0.6) is 28.9 Å². The maximum atomic E-state index is 13.8. The van der Waals surface area contributed by atoms with E-state index in [0.717, 1.165) is 24.2 Å². The number of carbonyl (C=O) groups excluding carboxylic acids is 1. The van der Waals surface area contributed by atoms with E-state index < -0.39 is 0 Å². The number of hydrogen-bond acceptors (Lipinski definition) is 10. The van der Waals surface area contributed by atoms with Gasteiger partial charge in [-0.3, -0.25) is 14.3 Å². The van der Waals surface area contributed by atoms with E-state index in [1.807, 2.05) is 35.0 Å². The van der Waals surface area contributed by atoms with Gasteiger partial charge in [-0.25, -0.2) is 14.6 Å². The summed E-state index contributed by atoms with van der Waals surface area (Å²) in [5, 5.41) is 0.596. The summed E-state index contributed by atoms with van der Waals surface area (Å²) in [6.07, 6.45) is 4.00. The van der Waals surface area contributed by atoms with Crippen molar-refractivity contribution in [1.82, 2.24) is 19.3 Å². The van der Waals surface area contributed by atoms with Crippen molar-refractivity contribution < 1.29 is 33.2 Å². The Labute approximate surface area is 277 Å². The topological polar surface area (TPSA) is 125 Å². The lowest BCUT2D eigenvalue weighted by atomic mass is 9.99. The molecule has 0 bridgehead atoms. The maximum absolute atomic E-state index is 13.8. The highest BCUT2D eigenvalue weighted by Crippen LogP contribution is 2.38. The van der Waals surface area contributed by atoms with Crippen LogP contribution < -0.4 is 24.5 Å². The molecule has 3 aromatic carbocycles. The Morgan fingerprint density at radius 1 is 0.812 bits per heavy atom. The number of benzene rings is 3. The zero-order chi connectivity index (χ0) is 33.5. The number of methoxy groups -OCH3 is 3. The summed E-state index contributed by atoms with van der Waals surface area (Å²) in [5.41, 5.74) is 2.77. The highest BCUT2D eigenvalue weighted by Gasteiger charge is 2.28. The van der Waals surface area contributed by atoms with Crippen LogP contribution in [0.15, 0.2) is 71.8 Å². The first kappa shape index (κ1) is 32.7. The summed E-state index contributed by atoms with van der Waals surface area (Å²) in [5.74, 6) is 1.83. The largest absolute Gasteiger partial charge is 0.493 e. The molecule has 48 heavy (non-hydrogen) atoms. The van der Waals surface area contributed by atoms with Gasteiger partial charge in [0.05, 0.1) is 42.6 Å². The first-order valence-corrected chi connectivity index (χ1v) is 15.8. The van der Waals surface area contributed by atoms with Crippen LogP contribution in [-0.4, -0.2) is 72.9 Å². The summed E-state index contributed by atoms with van der Waals surface area (Å²) in [6, 6.07) is 18.2. The van der Waals surface area contributed by atoms with Crippen LogP contribution in [-0.2, 0) is 28.9 Å². The molecule has 0 saturated carbocycles. The number of aromatic nitrogens is 4. The highest BCUT2D eigenvalue weighted by atomic mass is 16.5. The molecular weight excluding hydrogens is 616 g/mol. The third-order valence-electron chi connectivity index (χ3n) is 8.11. The molecule has 2 aromatic heterocycles. The molecule has 12 heteroatoms. The van der Waals surface area contributed by atoms with E-state index in [-0.39, 0.29) is 29.2 Å². The smallest absolute Gasteiger partial charge is 0.282 e. The Morgan fingerprint density at radius 3 is 2.29 bits per heavy atom. The van der Waals surface area contributed by atoms with Gasteiger partial charge in [0, 0.05) is 33.3 Å². The van der Waals surface area contributed by atoms with Crippen LogP contribution in [0.2, 0.25) is 0 Å². The van der Waals surface area contributed by atoms with Gasteiger partial charge in [0.25, 0.3) is 5.56 Å². The third-order valence-corrected chi connectivity index (χ3v) is 8.11. The Balaban J connectivity index is 1.27. The van der Waals surface area contributed by atoms with Gasteiger partial charge < -0.3 is 28.4 Å². The molecule has 3 heterocycles. The van der Waals surface area contributed by atoms with Crippen molar-refractivity contribution in [3.8, 4) is 34.6 Å². The minimum atomic E-state index is -0.288. The van der Waals surface area contributed by atoms with Crippen LogP contribution in [0.3, 0.4) is 0 Å². The Hall–Kier alpha value is -5.20.